The van der Waals surface area contributed by atoms with Crippen molar-refractivity contribution < 1.29 is 18.7 Å². The van der Waals surface area contributed by atoms with Gasteiger partial charge in [-0.2, -0.15) is 8.78 Å². The van der Waals surface area contributed by atoms with Crippen LogP contribution in [-0.2, 0) is 10.2 Å². The van der Waals surface area contributed by atoms with Crippen molar-refractivity contribution in [2.45, 2.75) is 49.0 Å². The Morgan fingerprint density at radius 1 is 1.29 bits per heavy atom. The first kappa shape index (κ1) is 14.4. The molecule has 1 aromatic heterocycles. The molecule has 2 aliphatic rings. The zero-order valence-electron chi connectivity index (χ0n) is 11.6. The van der Waals surface area contributed by atoms with Crippen LogP contribution in [0.3, 0.4) is 0 Å². The summed E-state index contributed by atoms with van der Waals surface area (Å²) in [5, 5.41) is 12.1. The normalized spacial score (nSPS) is 22.2. The summed E-state index contributed by atoms with van der Waals surface area (Å²) in [5.41, 5.74) is -1.41. The average Bonchev–Trinajstić information content (AvgIpc) is 3.24. The number of pyridine rings is 1. The van der Waals surface area contributed by atoms with Gasteiger partial charge < -0.3 is 10.4 Å². The van der Waals surface area contributed by atoms with Gasteiger partial charge in [0.25, 0.3) is 5.91 Å². The Hall–Kier alpha value is -1.56. The van der Waals surface area contributed by atoms with Gasteiger partial charge in [0.15, 0.2) is 0 Å². The molecule has 0 aromatic carbocycles. The van der Waals surface area contributed by atoms with Crippen molar-refractivity contribution in [1.82, 2.24) is 10.3 Å². The van der Waals surface area contributed by atoms with Crippen LogP contribution in [0.15, 0.2) is 24.5 Å². The van der Waals surface area contributed by atoms with E-state index in [1.807, 2.05) is 12.1 Å². The molecule has 21 heavy (non-hydrogen) atoms. The van der Waals surface area contributed by atoms with Crippen LogP contribution in [0.1, 0.15) is 37.7 Å². The summed E-state index contributed by atoms with van der Waals surface area (Å²) in [7, 11) is 0. The van der Waals surface area contributed by atoms with Gasteiger partial charge in [-0.15, -0.1) is 0 Å². The lowest BCUT2D eigenvalue weighted by Crippen LogP contribution is -2.61. The Morgan fingerprint density at radius 2 is 1.90 bits per heavy atom. The maximum atomic E-state index is 14.0. The Kier molecular flexibility index (Phi) is 3.24. The lowest BCUT2D eigenvalue weighted by Gasteiger charge is -2.41. The fourth-order valence-corrected chi connectivity index (χ4v) is 2.82. The van der Waals surface area contributed by atoms with Crippen LogP contribution in [-0.4, -0.2) is 34.1 Å². The van der Waals surface area contributed by atoms with Crippen LogP contribution >= 0.6 is 0 Å². The highest BCUT2D eigenvalue weighted by atomic mass is 19.3. The summed E-state index contributed by atoms with van der Waals surface area (Å²) in [5.74, 6) is -5.09. The lowest BCUT2D eigenvalue weighted by molar-refractivity contribution is -0.216. The number of hydrogen-bond donors (Lipinski definition) is 2. The molecule has 0 atom stereocenters. The van der Waals surface area contributed by atoms with Crippen LogP contribution in [0, 0.1) is 0 Å². The van der Waals surface area contributed by atoms with E-state index >= 15 is 0 Å². The highest BCUT2D eigenvalue weighted by Crippen LogP contribution is 2.48. The Labute approximate surface area is 121 Å². The molecule has 3 rings (SSSR count). The molecule has 2 fully saturated rings. The van der Waals surface area contributed by atoms with E-state index in [2.05, 4.69) is 10.3 Å². The number of hydrogen-bond acceptors (Lipinski definition) is 3. The van der Waals surface area contributed by atoms with E-state index in [0.717, 1.165) is 18.4 Å². The van der Waals surface area contributed by atoms with Crippen LogP contribution < -0.4 is 5.32 Å². The lowest BCUT2D eigenvalue weighted by atomic mass is 9.75. The molecule has 2 aliphatic carbocycles. The molecule has 2 N–H and O–H groups in total. The Morgan fingerprint density at radius 3 is 2.38 bits per heavy atom. The van der Waals surface area contributed by atoms with E-state index < -0.39 is 17.4 Å². The highest BCUT2D eigenvalue weighted by molar-refractivity contribution is 5.85. The molecule has 6 heteroatoms. The van der Waals surface area contributed by atoms with Gasteiger partial charge in [0.2, 0.25) is 0 Å². The van der Waals surface area contributed by atoms with Gasteiger partial charge in [0, 0.05) is 24.4 Å². The number of carbonyl (C=O) groups is 1. The predicted molar refractivity (Wildman–Crippen MR) is 71.9 cm³/mol. The van der Waals surface area contributed by atoms with E-state index in [0.29, 0.717) is 6.42 Å². The summed E-state index contributed by atoms with van der Waals surface area (Å²) in [4.78, 5) is 15.7. The second-order valence-corrected chi connectivity index (χ2v) is 6.16. The van der Waals surface area contributed by atoms with Gasteiger partial charge in [0.05, 0.1) is 0 Å². The molecule has 4 nitrogen and oxygen atoms in total. The number of halogens is 2. The molecule has 114 valence electrons. The third kappa shape index (κ3) is 2.31. The number of nitrogens with one attached hydrogen (secondary N) is 1. The van der Waals surface area contributed by atoms with Crippen molar-refractivity contribution >= 4 is 5.91 Å². The number of amides is 1. The van der Waals surface area contributed by atoms with Crippen molar-refractivity contribution in [2.75, 3.05) is 6.54 Å². The molecule has 1 heterocycles. The second kappa shape index (κ2) is 4.73. The fraction of sp³-hybridized carbons (Fsp3) is 0.600. The van der Waals surface area contributed by atoms with Gasteiger partial charge in [-0.25, -0.2) is 0 Å². The molecule has 0 radical (unpaired) electrons. The highest BCUT2D eigenvalue weighted by Gasteiger charge is 2.61. The van der Waals surface area contributed by atoms with Crippen molar-refractivity contribution in [2.24, 2.45) is 0 Å². The van der Waals surface area contributed by atoms with Gasteiger partial charge in [0.1, 0.15) is 5.60 Å². The number of aliphatic hydroxyl groups is 1. The summed E-state index contributed by atoms with van der Waals surface area (Å²) in [6.07, 6.45) is 5.50. The SMILES string of the molecule is O=C(NCC1(c2ccncc2)CC1)C(F)(F)C1(O)CCC1. The molecule has 1 amide bonds. The largest absolute Gasteiger partial charge is 0.383 e. The molecule has 0 aliphatic heterocycles. The minimum atomic E-state index is -3.72. The van der Waals surface area contributed by atoms with E-state index in [4.69, 9.17) is 0 Å². The van der Waals surface area contributed by atoms with Crippen molar-refractivity contribution in [3.63, 3.8) is 0 Å². The smallest absolute Gasteiger partial charge is 0.352 e. The first-order chi connectivity index (χ1) is 9.90. The van der Waals surface area contributed by atoms with Crippen LogP contribution in [0.2, 0.25) is 0 Å². The molecule has 0 spiro atoms. The van der Waals surface area contributed by atoms with E-state index in [9.17, 15) is 18.7 Å². The van der Waals surface area contributed by atoms with Crippen molar-refractivity contribution in [3.05, 3.63) is 30.1 Å². The van der Waals surface area contributed by atoms with Crippen LogP contribution in [0.25, 0.3) is 0 Å². The zero-order valence-corrected chi connectivity index (χ0v) is 11.6. The quantitative estimate of drug-likeness (QED) is 0.870. The third-order valence-electron chi connectivity index (χ3n) is 4.78. The molecular formula is C15H18F2N2O2. The molecule has 0 bridgehead atoms. The van der Waals surface area contributed by atoms with Crippen molar-refractivity contribution in [1.29, 1.82) is 0 Å². The average molecular weight is 296 g/mol. The number of rotatable bonds is 5. The Balaban J connectivity index is 1.64. The third-order valence-corrected chi connectivity index (χ3v) is 4.78. The monoisotopic (exact) mass is 296 g/mol. The van der Waals surface area contributed by atoms with Gasteiger partial charge in [-0.1, -0.05) is 0 Å². The van der Waals surface area contributed by atoms with Crippen molar-refractivity contribution in [3.8, 4) is 0 Å². The zero-order chi connectivity index (χ0) is 15.1. The number of carbonyl (C=O) groups excluding carboxylic acids is 1. The maximum absolute atomic E-state index is 14.0. The summed E-state index contributed by atoms with van der Waals surface area (Å²) in [6, 6.07) is 3.69. The molecule has 1 aromatic rings. The van der Waals surface area contributed by atoms with Gasteiger partial charge in [-0.3, -0.25) is 9.78 Å². The predicted octanol–water partition coefficient (Wildman–Crippen LogP) is 1.78. The topological polar surface area (TPSA) is 62.2 Å². The van der Waals surface area contributed by atoms with Crippen LogP contribution in [0.4, 0.5) is 8.78 Å². The minimum Gasteiger partial charge on any atom is -0.383 e. The first-order valence-corrected chi connectivity index (χ1v) is 7.19. The number of aromatic nitrogens is 1. The van der Waals surface area contributed by atoms with Gasteiger partial charge in [-0.05, 0) is 49.8 Å². The molecule has 2 saturated carbocycles. The van der Waals surface area contributed by atoms with Gasteiger partial charge >= 0.3 is 5.92 Å². The van der Waals surface area contributed by atoms with Crippen LogP contribution in [0.5, 0.6) is 0 Å². The van der Waals surface area contributed by atoms with E-state index in [-0.39, 0.29) is 24.8 Å². The number of alkyl halides is 2. The molecule has 0 unspecified atom stereocenters. The van der Waals surface area contributed by atoms with E-state index in [1.54, 1.807) is 12.4 Å². The first-order valence-electron chi connectivity index (χ1n) is 7.19. The second-order valence-electron chi connectivity index (χ2n) is 6.16. The fourth-order valence-electron chi connectivity index (χ4n) is 2.82. The molecule has 0 saturated heterocycles. The number of nitrogens with zero attached hydrogens (tertiary/aromatic N) is 1. The Bertz CT molecular complexity index is 540. The minimum absolute atomic E-state index is 0.0249. The summed E-state index contributed by atoms with van der Waals surface area (Å²) >= 11 is 0. The van der Waals surface area contributed by atoms with E-state index in [1.165, 1.54) is 0 Å². The molecular weight excluding hydrogens is 278 g/mol. The maximum Gasteiger partial charge on any atom is 0.352 e. The standard InChI is InChI=1S/C15H18F2N2O2/c16-15(17,14(21)4-1-5-14)12(20)19-10-13(6-7-13)11-2-8-18-9-3-11/h2-3,8-9,21H,1,4-7,10H2,(H,19,20). The summed E-state index contributed by atoms with van der Waals surface area (Å²) < 4.78 is 27.9. The summed E-state index contributed by atoms with van der Waals surface area (Å²) in [6.45, 7) is 0.168.